The Balaban J connectivity index is 2.60. The van der Waals surface area contributed by atoms with Crippen molar-refractivity contribution in [1.82, 2.24) is 0 Å². The Morgan fingerprint density at radius 1 is 1.53 bits per heavy atom. The molecule has 0 aliphatic carbocycles. The van der Waals surface area contributed by atoms with E-state index in [2.05, 4.69) is 4.89 Å². The monoisotopic (exact) mass is 228 g/mol. The van der Waals surface area contributed by atoms with Crippen LogP contribution in [0.1, 0.15) is 0 Å². The van der Waals surface area contributed by atoms with Gasteiger partial charge >= 0.3 is 0 Å². The minimum atomic E-state index is -0.443. The number of ether oxygens (including phenoxy) is 1. The Bertz CT molecular complexity index is 316. The molecule has 0 aliphatic rings. The maximum Gasteiger partial charge on any atom is 0.178 e. The van der Waals surface area contributed by atoms with Gasteiger partial charge in [-0.15, -0.1) is 11.8 Å². The van der Waals surface area contributed by atoms with Crippen LogP contribution in [-0.2, 0) is 9.53 Å². The van der Waals surface area contributed by atoms with Crippen molar-refractivity contribution < 1.29 is 19.7 Å². The largest absolute Gasteiger partial charge is 0.373 e. The molecule has 0 bridgehead atoms. The van der Waals surface area contributed by atoms with E-state index in [9.17, 15) is 4.79 Å². The van der Waals surface area contributed by atoms with E-state index >= 15 is 0 Å². The molecule has 1 rings (SSSR count). The smallest absolute Gasteiger partial charge is 0.178 e. The van der Waals surface area contributed by atoms with E-state index < -0.39 is 6.10 Å². The van der Waals surface area contributed by atoms with E-state index in [0.717, 1.165) is 11.2 Å². The molecule has 0 spiro atoms. The summed E-state index contributed by atoms with van der Waals surface area (Å²) in [6, 6.07) is 7.02. The van der Waals surface area contributed by atoms with Crippen molar-refractivity contribution in [1.29, 1.82) is 0 Å². The Labute approximate surface area is 92.1 Å². The van der Waals surface area contributed by atoms with Gasteiger partial charge in [0.1, 0.15) is 12.4 Å². The van der Waals surface area contributed by atoms with Gasteiger partial charge < -0.3 is 14.4 Å². The van der Waals surface area contributed by atoms with Crippen LogP contribution < -0.4 is 4.89 Å². The first-order valence-corrected chi connectivity index (χ1v) is 5.31. The Morgan fingerprint density at radius 2 is 2.27 bits per heavy atom. The first-order chi connectivity index (χ1) is 7.31. The Hall–Kier alpha value is -1.04. The lowest BCUT2D eigenvalue weighted by Gasteiger charge is -2.09. The lowest BCUT2D eigenvalue weighted by atomic mass is 10.3. The molecule has 0 saturated heterocycles. The van der Waals surface area contributed by atoms with E-state index in [1.807, 2.05) is 6.07 Å². The van der Waals surface area contributed by atoms with Gasteiger partial charge in [0.15, 0.2) is 5.75 Å². The second-order valence-electron chi connectivity index (χ2n) is 2.76. The number of methoxy groups -OCH3 is 1. The van der Waals surface area contributed by atoms with Crippen molar-refractivity contribution >= 4 is 18.0 Å². The molecule has 1 atom stereocenters. The lowest BCUT2D eigenvalue weighted by Crippen LogP contribution is -2.14. The number of thioether (sulfide) groups is 1. The zero-order valence-corrected chi connectivity index (χ0v) is 9.07. The predicted octanol–water partition coefficient (Wildman–Crippen LogP) is 1.84. The summed E-state index contributed by atoms with van der Waals surface area (Å²) in [5.74, 6) is 0.864. The van der Waals surface area contributed by atoms with Crippen LogP contribution >= 0.6 is 11.8 Å². The normalized spacial score (nSPS) is 12.1. The molecule has 0 fully saturated rings. The highest BCUT2D eigenvalue weighted by molar-refractivity contribution is 7.99. The Morgan fingerprint density at radius 3 is 2.87 bits per heavy atom. The fourth-order valence-corrected chi connectivity index (χ4v) is 1.96. The number of benzene rings is 1. The van der Waals surface area contributed by atoms with E-state index in [-0.39, 0.29) is 0 Å². The molecule has 1 unspecified atom stereocenters. The molecule has 1 aromatic carbocycles. The molecule has 0 heterocycles. The van der Waals surface area contributed by atoms with Crippen LogP contribution in [0.2, 0.25) is 0 Å². The van der Waals surface area contributed by atoms with Gasteiger partial charge in [-0.05, 0) is 12.1 Å². The number of rotatable bonds is 6. The molecule has 0 radical (unpaired) electrons. The standard InChI is InChI=1S/C10H12O4S/c1-13-8(6-11)7-15-10-5-3-2-4-9(10)14-12/h2-6,8,12H,7H2,1H3. The maximum atomic E-state index is 10.5. The molecule has 4 nitrogen and oxygen atoms in total. The van der Waals surface area contributed by atoms with Crippen molar-refractivity contribution in [2.24, 2.45) is 0 Å². The minimum absolute atomic E-state index is 0.378. The number of carbonyl (C=O) groups is 1. The maximum absolute atomic E-state index is 10.5. The van der Waals surface area contributed by atoms with Crippen LogP contribution in [0.25, 0.3) is 0 Å². The van der Waals surface area contributed by atoms with Gasteiger partial charge in [0.25, 0.3) is 0 Å². The molecule has 0 aromatic heterocycles. The first-order valence-electron chi connectivity index (χ1n) is 4.33. The van der Waals surface area contributed by atoms with E-state index in [1.54, 1.807) is 18.2 Å². The highest BCUT2D eigenvalue weighted by atomic mass is 32.2. The van der Waals surface area contributed by atoms with Crippen molar-refractivity contribution in [2.45, 2.75) is 11.0 Å². The zero-order valence-electron chi connectivity index (χ0n) is 8.25. The lowest BCUT2D eigenvalue weighted by molar-refractivity contribution is -0.140. The number of hydrogen-bond acceptors (Lipinski definition) is 5. The van der Waals surface area contributed by atoms with Gasteiger partial charge in [0.05, 0.1) is 4.90 Å². The molecular weight excluding hydrogens is 216 g/mol. The minimum Gasteiger partial charge on any atom is -0.373 e. The Kier molecular flexibility index (Phi) is 5.17. The summed E-state index contributed by atoms with van der Waals surface area (Å²) in [5.41, 5.74) is 0. The van der Waals surface area contributed by atoms with Gasteiger partial charge in [0.2, 0.25) is 0 Å². The van der Waals surface area contributed by atoms with Gasteiger partial charge in [-0.1, -0.05) is 12.1 Å². The third kappa shape index (κ3) is 3.54. The van der Waals surface area contributed by atoms with Crippen LogP contribution in [0.4, 0.5) is 0 Å². The number of carbonyl (C=O) groups excluding carboxylic acids is 1. The predicted molar refractivity (Wildman–Crippen MR) is 57.3 cm³/mol. The average molecular weight is 228 g/mol. The molecule has 5 heteroatoms. The van der Waals surface area contributed by atoms with E-state index in [1.165, 1.54) is 18.9 Å². The third-order valence-corrected chi connectivity index (χ3v) is 2.95. The van der Waals surface area contributed by atoms with Gasteiger partial charge in [0, 0.05) is 12.9 Å². The van der Waals surface area contributed by atoms with Crippen molar-refractivity contribution in [2.75, 3.05) is 12.9 Å². The summed E-state index contributed by atoms with van der Waals surface area (Å²) in [5, 5.41) is 8.58. The number of para-hydroxylation sites is 1. The summed E-state index contributed by atoms with van der Waals surface area (Å²) in [6.45, 7) is 0. The molecular formula is C10H12O4S. The fourth-order valence-electron chi connectivity index (χ4n) is 0.980. The summed E-state index contributed by atoms with van der Waals surface area (Å²) in [7, 11) is 1.48. The molecule has 82 valence electrons. The van der Waals surface area contributed by atoms with E-state index in [4.69, 9.17) is 9.99 Å². The summed E-state index contributed by atoms with van der Waals surface area (Å²) < 4.78 is 4.90. The van der Waals surface area contributed by atoms with Crippen molar-refractivity contribution in [3.63, 3.8) is 0 Å². The average Bonchev–Trinajstić information content (AvgIpc) is 2.31. The fraction of sp³-hybridized carbons (Fsp3) is 0.300. The molecule has 15 heavy (non-hydrogen) atoms. The SMILES string of the molecule is COC(C=O)CSc1ccccc1OO. The van der Waals surface area contributed by atoms with Crippen LogP contribution in [0.5, 0.6) is 5.75 Å². The second-order valence-corrected chi connectivity index (χ2v) is 3.82. The topological polar surface area (TPSA) is 55.8 Å². The summed E-state index contributed by atoms with van der Waals surface area (Å²) >= 11 is 1.39. The highest BCUT2D eigenvalue weighted by Gasteiger charge is 2.09. The number of hydrogen-bond donors (Lipinski definition) is 1. The molecule has 0 aliphatic heterocycles. The molecule has 0 amide bonds. The van der Waals surface area contributed by atoms with E-state index in [0.29, 0.717) is 11.5 Å². The van der Waals surface area contributed by atoms with Crippen LogP contribution in [-0.4, -0.2) is 30.5 Å². The number of aldehydes is 1. The molecule has 1 N–H and O–H groups in total. The van der Waals surface area contributed by atoms with Crippen molar-refractivity contribution in [3.8, 4) is 5.75 Å². The zero-order chi connectivity index (χ0) is 11.1. The molecule has 1 aromatic rings. The summed E-state index contributed by atoms with van der Waals surface area (Å²) in [4.78, 5) is 15.5. The third-order valence-electron chi connectivity index (χ3n) is 1.81. The second kappa shape index (κ2) is 6.44. The summed E-state index contributed by atoms with van der Waals surface area (Å²) in [6.07, 6.45) is 0.303. The van der Waals surface area contributed by atoms with Gasteiger partial charge in [-0.25, -0.2) is 5.26 Å². The van der Waals surface area contributed by atoms with Crippen LogP contribution in [0.15, 0.2) is 29.2 Å². The quantitative estimate of drug-likeness (QED) is 0.348. The van der Waals surface area contributed by atoms with Crippen molar-refractivity contribution in [3.05, 3.63) is 24.3 Å². The van der Waals surface area contributed by atoms with Crippen LogP contribution in [0.3, 0.4) is 0 Å². The molecule has 0 saturated carbocycles. The van der Waals surface area contributed by atoms with Crippen LogP contribution in [0, 0.1) is 0 Å². The first kappa shape index (κ1) is 12.0. The highest BCUT2D eigenvalue weighted by Crippen LogP contribution is 2.28. The van der Waals surface area contributed by atoms with Gasteiger partial charge in [-0.3, -0.25) is 0 Å². The van der Waals surface area contributed by atoms with Gasteiger partial charge in [-0.2, -0.15) is 0 Å².